The third-order valence-corrected chi connectivity index (χ3v) is 7.97. The molecular weight excluding hydrogens is 573 g/mol. The van der Waals surface area contributed by atoms with Crippen LogP contribution in [0.4, 0.5) is 19.0 Å². The molecular formula is C28H25F3N6O4S. The van der Waals surface area contributed by atoms with Crippen molar-refractivity contribution in [2.45, 2.75) is 17.9 Å². The van der Waals surface area contributed by atoms with Crippen molar-refractivity contribution in [1.29, 1.82) is 0 Å². The Labute approximate surface area is 239 Å². The molecule has 2 N–H and O–H groups in total. The van der Waals surface area contributed by atoms with E-state index < -0.39 is 43.9 Å². The molecule has 3 heterocycles. The molecule has 1 atom stereocenters. The number of hydrogen-bond donors (Lipinski definition) is 1. The molecule has 0 bridgehead atoms. The van der Waals surface area contributed by atoms with Crippen molar-refractivity contribution < 1.29 is 31.1 Å². The predicted molar refractivity (Wildman–Crippen MR) is 150 cm³/mol. The largest absolute Gasteiger partial charge is 0.481 e. The molecule has 42 heavy (non-hydrogen) atoms. The van der Waals surface area contributed by atoms with Crippen LogP contribution in [0.25, 0.3) is 33.2 Å². The fraction of sp³-hybridized carbons (Fsp3) is 0.214. The lowest BCUT2D eigenvalue weighted by Gasteiger charge is -2.40. The van der Waals surface area contributed by atoms with Crippen LogP contribution in [-0.2, 0) is 14.8 Å². The fourth-order valence-corrected chi connectivity index (χ4v) is 5.64. The topological polar surface area (TPSA) is 132 Å². The maximum Gasteiger partial charge on any atom is 0.282 e. The summed E-state index contributed by atoms with van der Waals surface area (Å²) < 4.78 is 72.7. The summed E-state index contributed by atoms with van der Waals surface area (Å²) in [5.74, 6) is -3.72. The van der Waals surface area contributed by atoms with E-state index in [1.54, 1.807) is 18.2 Å². The number of aromatic nitrogens is 3. The van der Waals surface area contributed by atoms with Crippen LogP contribution >= 0.6 is 0 Å². The van der Waals surface area contributed by atoms with Crippen LogP contribution in [-0.4, -0.2) is 67.0 Å². The van der Waals surface area contributed by atoms with Gasteiger partial charge in [-0.05, 0) is 42.8 Å². The van der Waals surface area contributed by atoms with Gasteiger partial charge in [0.15, 0.2) is 11.6 Å². The maximum absolute atomic E-state index is 15.3. The number of amides is 1. The molecule has 2 aromatic carbocycles. The maximum atomic E-state index is 15.3. The van der Waals surface area contributed by atoms with Crippen molar-refractivity contribution in [3.63, 3.8) is 0 Å². The number of sulfonamides is 1. The number of carbonyl (C=O) groups is 1. The minimum Gasteiger partial charge on any atom is -0.481 e. The van der Waals surface area contributed by atoms with Gasteiger partial charge in [0.05, 0.1) is 23.8 Å². The Bertz CT molecular complexity index is 1850. The van der Waals surface area contributed by atoms with E-state index >= 15 is 4.39 Å². The van der Waals surface area contributed by atoms with Gasteiger partial charge in [-0.25, -0.2) is 41.7 Å². The van der Waals surface area contributed by atoms with Crippen molar-refractivity contribution in [3.8, 4) is 28.1 Å². The third kappa shape index (κ3) is 5.25. The van der Waals surface area contributed by atoms with Crippen LogP contribution in [0.1, 0.15) is 6.92 Å². The first-order valence-corrected chi connectivity index (χ1v) is 14.2. The number of pyridine rings is 1. The number of ether oxygens (including phenoxy) is 1. The van der Waals surface area contributed by atoms with Gasteiger partial charge in [0.2, 0.25) is 15.9 Å². The number of methoxy groups -OCH3 is 1. The number of halogens is 3. The number of primary sulfonamides is 1. The summed E-state index contributed by atoms with van der Waals surface area (Å²) in [4.78, 5) is 27.7. The summed E-state index contributed by atoms with van der Waals surface area (Å²) in [7, 11) is -3.22. The molecule has 2 aromatic heterocycles. The number of anilines is 1. The molecule has 1 amide bonds. The smallest absolute Gasteiger partial charge is 0.282 e. The highest BCUT2D eigenvalue weighted by atomic mass is 32.2. The second-order valence-corrected chi connectivity index (χ2v) is 11.2. The predicted octanol–water partition coefficient (Wildman–Crippen LogP) is 3.81. The first-order valence-electron chi connectivity index (χ1n) is 12.6. The molecule has 10 nitrogen and oxygen atoms in total. The highest BCUT2D eigenvalue weighted by Crippen LogP contribution is 2.38. The Kier molecular flexibility index (Phi) is 7.60. The highest BCUT2D eigenvalue weighted by molar-refractivity contribution is 7.89. The quantitative estimate of drug-likeness (QED) is 0.332. The molecule has 0 aliphatic carbocycles. The average Bonchev–Trinajstić information content (AvgIpc) is 2.95. The Morgan fingerprint density at radius 2 is 1.86 bits per heavy atom. The zero-order valence-corrected chi connectivity index (χ0v) is 23.3. The van der Waals surface area contributed by atoms with Gasteiger partial charge in [-0.1, -0.05) is 12.6 Å². The summed E-state index contributed by atoms with van der Waals surface area (Å²) in [6, 6.07) is 8.06. The van der Waals surface area contributed by atoms with Crippen LogP contribution in [0.2, 0.25) is 0 Å². The van der Waals surface area contributed by atoms with Gasteiger partial charge in [0.25, 0.3) is 5.91 Å². The molecule has 1 saturated heterocycles. The molecule has 0 spiro atoms. The molecule has 1 aliphatic heterocycles. The fourth-order valence-electron chi connectivity index (χ4n) is 5.03. The molecule has 218 valence electrons. The number of fused-ring (bicyclic) bond motifs is 1. The highest BCUT2D eigenvalue weighted by Gasteiger charge is 2.30. The van der Waals surface area contributed by atoms with E-state index in [2.05, 4.69) is 21.5 Å². The molecule has 14 heteroatoms. The van der Waals surface area contributed by atoms with E-state index in [1.165, 1.54) is 30.6 Å². The minimum absolute atomic E-state index is 0.121. The minimum atomic E-state index is -4.49. The lowest BCUT2D eigenvalue weighted by Crippen LogP contribution is -2.54. The van der Waals surface area contributed by atoms with E-state index in [-0.39, 0.29) is 30.6 Å². The molecule has 1 aliphatic rings. The molecule has 0 saturated carbocycles. The summed E-state index contributed by atoms with van der Waals surface area (Å²) in [6.07, 6.45) is 2.87. The second-order valence-electron chi connectivity index (χ2n) is 9.69. The molecule has 4 aromatic rings. The van der Waals surface area contributed by atoms with Crippen LogP contribution in [0.3, 0.4) is 0 Å². The second kappa shape index (κ2) is 11.0. The van der Waals surface area contributed by atoms with Gasteiger partial charge in [0, 0.05) is 42.8 Å². The summed E-state index contributed by atoms with van der Waals surface area (Å²) in [6.45, 7) is 5.88. The number of nitrogens with zero attached hydrogens (tertiary/aromatic N) is 5. The van der Waals surface area contributed by atoms with E-state index in [9.17, 15) is 22.0 Å². The first-order chi connectivity index (χ1) is 19.9. The normalized spacial score (nSPS) is 15.6. The van der Waals surface area contributed by atoms with E-state index in [4.69, 9.17) is 9.88 Å². The van der Waals surface area contributed by atoms with Gasteiger partial charge >= 0.3 is 0 Å². The number of benzene rings is 2. The van der Waals surface area contributed by atoms with Gasteiger partial charge in [-0.2, -0.15) is 0 Å². The number of piperazine rings is 1. The van der Waals surface area contributed by atoms with E-state index in [0.717, 1.165) is 12.1 Å². The Hall–Kier alpha value is -4.56. The number of hydrogen-bond acceptors (Lipinski definition) is 8. The molecule has 0 unspecified atom stereocenters. The first kappa shape index (κ1) is 29.0. The average molecular weight is 599 g/mol. The monoisotopic (exact) mass is 598 g/mol. The SMILES string of the molecule is C=C(F)C(=O)N1CCN(c2ncnc3ccc(-c4cnc(OC)c(-c5c(F)ccc(S(N)(=O)=O)c5F)c4)cc23)[C@@H](C)C1. The lowest BCUT2D eigenvalue weighted by molar-refractivity contribution is -0.129. The van der Waals surface area contributed by atoms with Gasteiger partial charge in [-0.3, -0.25) is 4.79 Å². The van der Waals surface area contributed by atoms with E-state index in [0.29, 0.717) is 34.4 Å². The third-order valence-electron chi connectivity index (χ3n) is 7.04. The van der Waals surface area contributed by atoms with Gasteiger partial charge in [0.1, 0.15) is 22.9 Å². The summed E-state index contributed by atoms with van der Waals surface area (Å²) >= 11 is 0. The Balaban J connectivity index is 1.59. The van der Waals surface area contributed by atoms with Crippen molar-refractivity contribution in [2.24, 2.45) is 5.14 Å². The molecule has 0 radical (unpaired) electrons. The zero-order chi connectivity index (χ0) is 30.3. The zero-order valence-electron chi connectivity index (χ0n) is 22.5. The van der Waals surface area contributed by atoms with Crippen LogP contribution in [0, 0.1) is 11.6 Å². The Morgan fingerprint density at radius 3 is 2.52 bits per heavy atom. The van der Waals surface area contributed by atoms with Crippen molar-refractivity contribution in [3.05, 3.63) is 73.0 Å². The molecule has 5 rings (SSSR count). The standard InChI is InChI=1S/C28H25F3N6O4S/c1-15-13-36(28(38)16(2)29)8-9-37(15)26-19-10-17(4-6-22(19)34-14-35-26)18-11-20(27(41-3)33-12-18)24-21(30)5-7-23(25(24)31)42(32,39)40/h4-7,10-12,14-15H,2,8-9,13H2,1,3H3,(H2,32,39,40)/t15-/m0/s1. The van der Waals surface area contributed by atoms with Gasteiger partial charge in [-0.15, -0.1) is 0 Å². The number of nitrogens with two attached hydrogens (primary N) is 1. The van der Waals surface area contributed by atoms with Crippen molar-refractivity contribution >= 4 is 32.7 Å². The Morgan fingerprint density at radius 1 is 1.10 bits per heavy atom. The molecule has 1 fully saturated rings. The number of rotatable bonds is 6. The van der Waals surface area contributed by atoms with Crippen LogP contribution in [0.15, 0.2) is 66.2 Å². The lowest BCUT2D eigenvalue weighted by atomic mass is 9.99. The summed E-state index contributed by atoms with van der Waals surface area (Å²) in [5, 5.41) is 5.78. The van der Waals surface area contributed by atoms with Crippen molar-refractivity contribution in [1.82, 2.24) is 19.9 Å². The van der Waals surface area contributed by atoms with Gasteiger partial charge < -0.3 is 14.5 Å². The van der Waals surface area contributed by atoms with Crippen LogP contribution in [0.5, 0.6) is 5.88 Å². The van der Waals surface area contributed by atoms with E-state index in [1.807, 2.05) is 11.8 Å². The van der Waals surface area contributed by atoms with Crippen molar-refractivity contribution in [2.75, 3.05) is 31.6 Å². The number of carbonyl (C=O) groups excluding carboxylic acids is 1. The van der Waals surface area contributed by atoms with Crippen LogP contribution < -0.4 is 14.8 Å². The summed E-state index contributed by atoms with van der Waals surface area (Å²) in [5.41, 5.74) is 0.866.